The summed E-state index contributed by atoms with van der Waals surface area (Å²) in [6.07, 6.45) is 1.50. The molecule has 96 valence electrons. The van der Waals surface area contributed by atoms with E-state index in [1.54, 1.807) is 0 Å². The van der Waals surface area contributed by atoms with E-state index in [9.17, 15) is 27.0 Å². The Labute approximate surface area is 99.4 Å². The van der Waals surface area contributed by atoms with Crippen LogP contribution in [-0.2, 0) is 19.7 Å². The van der Waals surface area contributed by atoms with Gasteiger partial charge in [-0.2, -0.15) is 0 Å². The molecule has 0 bridgehead atoms. The molecular formula is C9H12O6S2. The summed E-state index contributed by atoms with van der Waals surface area (Å²) in [5.74, 6) is -0.821. The first-order valence-corrected chi connectivity index (χ1v) is 8.34. The lowest BCUT2D eigenvalue weighted by atomic mass is 10.2. The van der Waals surface area contributed by atoms with Crippen LogP contribution in [-0.4, -0.2) is 39.6 Å². The maximum absolute atomic E-state index is 11.5. The molecule has 0 unspecified atom stereocenters. The van der Waals surface area contributed by atoms with E-state index in [-0.39, 0.29) is 11.3 Å². The second-order valence-corrected chi connectivity index (χ2v) is 8.29. The van der Waals surface area contributed by atoms with Crippen molar-refractivity contribution in [1.82, 2.24) is 0 Å². The number of aromatic hydroxyl groups is 2. The highest BCUT2D eigenvalue weighted by Gasteiger charge is 2.35. The lowest BCUT2D eigenvalue weighted by Crippen LogP contribution is -2.20. The first-order valence-electron chi connectivity index (χ1n) is 4.43. The Morgan fingerprint density at radius 2 is 1.47 bits per heavy atom. The van der Waals surface area contributed by atoms with Gasteiger partial charge in [0.2, 0.25) is 0 Å². The maximum Gasteiger partial charge on any atom is 0.190 e. The van der Waals surface area contributed by atoms with E-state index in [2.05, 4.69) is 0 Å². The highest BCUT2D eigenvalue weighted by molar-refractivity contribution is 8.07. The van der Waals surface area contributed by atoms with Gasteiger partial charge in [0.15, 0.2) is 24.3 Å². The van der Waals surface area contributed by atoms with Crippen LogP contribution in [0, 0.1) is 0 Å². The van der Waals surface area contributed by atoms with Crippen molar-refractivity contribution in [3.8, 4) is 11.5 Å². The van der Waals surface area contributed by atoms with Crippen LogP contribution in [0.1, 0.15) is 10.1 Å². The molecule has 1 rings (SSSR count). The second kappa shape index (κ2) is 4.19. The number of benzene rings is 1. The molecule has 0 aliphatic rings. The molecule has 1 aromatic carbocycles. The smallest absolute Gasteiger partial charge is 0.190 e. The molecule has 0 fully saturated rings. The molecule has 0 amide bonds. The largest absolute Gasteiger partial charge is 0.508 e. The van der Waals surface area contributed by atoms with E-state index < -0.39 is 30.0 Å². The zero-order chi connectivity index (χ0) is 13.4. The van der Waals surface area contributed by atoms with Crippen molar-refractivity contribution >= 4 is 19.7 Å². The van der Waals surface area contributed by atoms with Gasteiger partial charge in [-0.05, 0) is 18.2 Å². The van der Waals surface area contributed by atoms with Crippen LogP contribution in [0.5, 0.6) is 11.5 Å². The monoisotopic (exact) mass is 280 g/mol. The van der Waals surface area contributed by atoms with Crippen LogP contribution in [0.4, 0.5) is 0 Å². The van der Waals surface area contributed by atoms with Gasteiger partial charge in [-0.25, -0.2) is 16.8 Å². The number of phenols is 2. The summed E-state index contributed by atoms with van der Waals surface area (Å²) >= 11 is 0. The van der Waals surface area contributed by atoms with Gasteiger partial charge in [-0.15, -0.1) is 0 Å². The Kier molecular flexibility index (Phi) is 3.40. The molecular weight excluding hydrogens is 268 g/mol. The van der Waals surface area contributed by atoms with Crippen LogP contribution in [0.2, 0.25) is 0 Å². The second-order valence-electron chi connectivity index (χ2n) is 3.73. The highest BCUT2D eigenvalue weighted by Crippen LogP contribution is 2.35. The van der Waals surface area contributed by atoms with E-state index in [1.807, 2.05) is 0 Å². The number of sulfone groups is 2. The Morgan fingerprint density at radius 1 is 1.00 bits per heavy atom. The molecule has 0 aliphatic carbocycles. The molecule has 0 radical (unpaired) electrons. The van der Waals surface area contributed by atoms with Gasteiger partial charge in [0.05, 0.1) is 0 Å². The van der Waals surface area contributed by atoms with E-state index in [1.165, 1.54) is 0 Å². The third-order valence-electron chi connectivity index (χ3n) is 2.04. The van der Waals surface area contributed by atoms with E-state index >= 15 is 0 Å². The van der Waals surface area contributed by atoms with Crippen LogP contribution in [0.15, 0.2) is 18.2 Å². The standard InChI is InChI=1S/C9H12O6S2/c1-16(12,13)9(17(2,14)15)7-5-6(10)3-4-8(7)11/h3-5,9-11H,1-2H3. The predicted molar refractivity (Wildman–Crippen MR) is 62.2 cm³/mol. The lowest BCUT2D eigenvalue weighted by molar-refractivity contribution is 0.454. The highest BCUT2D eigenvalue weighted by atomic mass is 32.3. The molecule has 0 aromatic heterocycles. The van der Waals surface area contributed by atoms with E-state index in [4.69, 9.17) is 0 Å². The quantitative estimate of drug-likeness (QED) is 0.765. The normalized spacial score (nSPS) is 12.9. The molecule has 0 saturated carbocycles. The number of hydrogen-bond donors (Lipinski definition) is 2. The molecule has 2 N–H and O–H groups in total. The third kappa shape index (κ3) is 3.10. The van der Waals surface area contributed by atoms with Crippen LogP contribution in [0.3, 0.4) is 0 Å². The van der Waals surface area contributed by atoms with Gasteiger partial charge in [-0.1, -0.05) is 0 Å². The van der Waals surface area contributed by atoms with Crippen LogP contribution >= 0.6 is 0 Å². The molecule has 0 atom stereocenters. The Bertz CT molecular complexity index is 597. The van der Waals surface area contributed by atoms with Crippen molar-refractivity contribution in [2.75, 3.05) is 12.5 Å². The van der Waals surface area contributed by atoms with Crippen LogP contribution in [0.25, 0.3) is 0 Å². The average Bonchev–Trinajstić information content (AvgIpc) is 2.06. The minimum absolute atomic E-state index is 0.324. The molecule has 1 aromatic rings. The molecule has 0 spiro atoms. The lowest BCUT2D eigenvalue weighted by Gasteiger charge is -2.15. The molecule has 0 aliphatic heterocycles. The van der Waals surface area contributed by atoms with Crippen molar-refractivity contribution in [1.29, 1.82) is 0 Å². The first kappa shape index (κ1) is 13.8. The molecule has 8 heteroatoms. The van der Waals surface area contributed by atoms with Crippen molar-refractivity contribution in [2.45, 2.75) is 4.58 Å². The fraction of sp³-hybridized carbons (Fsp3) is 0.333. The summed E-state index contributed by atoms with van der Waals surface area (Å²) in [5, 5.41) is 18.7. The van der Waals surface area contributed by atoms with Gasteiger partial charge in [0, 0.05) is 18.1 Å². The van der Waals surface area contributed by atoms with Gasteiger partial charge in [0.25, 0.3) is 0 Å². The van der Waals surface area contributed by atoms with Gasteiger partial charge < -0.3 is 10.2 Å². The van der Waals surface area contributed by atoms with Crippen molar-refractivity contribution in [2.24, 2.45) is 0 Å². The van der Waals surface area contributed by atoms with Crippen molar-refractivity contribution < 1.29 is 27.0 Å². The molecule has 0 heterocycles. The summed E-state index contributed by atoms with van der Waals surface area (Å²) in [6, 6.07) is 3.08. The van der Waals surface area contributed by atoms with Gasteiger partial charge >= 0.3 is 0 Å². The van der Waals surface area contributed by atoms with Crippen LogP contribution < -0.4 is 0 Å². The van der Waals surface area contributed by atoms with Crippen molar-refractivity contribution in [3.63, 3.8) is 0 Å². The Balaban J connectivity index is 3.61. The summed E-state index contributed by atoms with van der Waals surface area (Å²) in [4.78, 5) is 0. The SMILES string of the molecule is CS(=O)(=O)C(c1cc(O)ccc1O)S(C)(=O)=O. The van der Waals surface area contributed by atoms with Crippen molar-refractivity contribution in [3.05, 3.63) is 23.8 Å². The summed E-state index contributed by atoms with van der Waals surface area (Å²) in [5.41, 5.74) is -0.352. The Hall–Kier alpha value is -1.28. The zero-order valence-electron chi connectivity index (χ0n) is 9.15. The predicted octanol–water partition coefficient (Wildman–Crippen LogP) is 0.186. The summed E-state index contributed by atoms with van der Waals surface area (Å²) in [6.45, 7) is 0. The fourth-order valence-corrected chi connectivity index (χ4v) is 5.35. The summed E-state index contributed by atoms with van der Waals surface area (Å²) < 4.78 is 44.0. The number of rotatable bonds is 3. The number of hydrogen-bond acceptors (Lipinski definition) is 6. The first-order chi connectivity index (χ1) is 7.53. The third-order valence-corrected chi connectivity index (χ3v) is 6.20. The van der Waals surface area contributed by atoms with E-state index in [0.29, 0.717) is 0 Å². The number of phenolic OH excluding ortho intramolecular Hbond substituents is 2. The molecule has 17 heavy (non-hydrogen) atoms. The zero-order valence-corrected chi connectivity index (χ0v) is 10.8. The molecule has 0 saturated heterocycles. The maximum atomic E-state index is 11.5. The van der Waals surface area contributed by atoms with Gasteiger partial charge in [0.1, 0.15) is 11.5 Å². The molecule has 6 nitrogen and oxygen atoms in total. The fourth-order valence-electron chi connectivity index (χ4n) is 1.51. The summed E-state index contributed by atoms with van der Waals surface area (Å²) in [7, 11) is -7.95. The minimum atomic E-state index is -3.97. The Morgan fingerprint density at radius 3 is 1.88 bits per heavy atom. The average molecular weight is 280 g/mol. The topological polar surface area (TPSA) is 109 Å². The van der Waals surface area contributed by atoms with Gasteiger partial charge in [-0.3, -0.25) is 0 Å². The van der Waals surface area contributed by atoms with E-state index in [0.717, 1.165) is 30.7 Å². The minimum Gasteiger partial charge on any atom is -0.508 e.